The molecule has 0 radical (unpaired) electrons. The minimum absolute atomic E-state index is 0.0627. The molecule has 0 aliphatic carbocycles. The van der Waals surface area contributed by atoms with E-state index in [0.29, 0.717) is 5.56 Å². The summed E-state index contributed by atoms with van der Waals surface area (Å²) in [6.45, 7) is 0.781. The van der Waals surface area contributed by atoms with E-state index in [0.717, 1.165) is 24.7 Å². The maximum atomic E-state index is 12.3. The van der Waals surface area contributed by atoms with Gasteiger partial charge in [0.1, 0.15) is 5.75 Å². The molecule has 1 aliphatic rings. The van der Waals surface area contributed by atoms with Crippen LogP contribution in [0.5, 0.6) is 5.75 Å². The number of hydrogen-bond acceptors (Lipinski definition) is 2. The van der Waals surface area contributed by atoms with Crippen LogP contribution in [0.2, 0.25) is 0 Å². The molecule has 1 aliphatic heterocycles. The lowest BCUT2D eigenvalue weighted by molar-refractivity contribution is 0.0639. The molecule has 1 saturated heterocycles. The summed E-state index contributed by atoms with van der Waals surface area (Å²) in [5.74, 6) is 0.00338. The third-order valence-corrected chi connectivity index (χ3v) is 3.95. The van der Waals surface area contributed by atoms with Crippen LogP contribution in [0.15, 0.2) is 24.3 Å². The average molecular weight is 298 g/mol. The van der Waals surface area contributed by atoms with Crippen LogP contribution in [0, 0.1) is 0 Å². The molecular formula is C13H16BrNO2. The van der Waals surface area contributed by atoms with Gasteiger partial charge in [-0.25, -0.2) is 0 Å². The molecule has 1 aromatic carbocycles. The summed E-state index contributed by atoms with van der Waals surface area (Å²) < 4.78 is 0. The molecule has 1 aromatic rings. The summed E-state index contributed by atoms with van der Waals surface area (Å²) in [4.78, 5) is 14.2. The number of carbonyl (C=O) groups is 1. The van der Waals surface area contributed by atoms with Gasteiger partial charge in [0.15, 0.2) is 0 Å². The highest BCUT2D eigenvalue weighted by Crippen LogP contribution is 2.24. The first kappa shape index (κ1) is 12.4. The van der Waals surface area contributed by atoms with E-state index in [1.807, 2.05) is 4.90 Å². The van der Waals surface area contributed by atoms with Crippen LogP contribution in [-0.2, 0) is 0 Å². The Morgan fingerprint density at radius 1 is 1.41 bits per heavy atom. The number of nitrogens with zero attached hydrogens (tertiary/aromatic N) is 1. The van der Waals surface area contributed by atoms with Crippen molar-refractivity contribution in [3.8, 4) is 5.75 Å². The number of aromatic hydroxyl groups is 1. The summed E-state index contributed by atoms with van der Waals surface area (Å²) in [5.41, 5.74) is 0.403. The van der Waals surface area contributed by atoms with E-state index in [1.54, 1.807) is 24.3 Å². The Bertz CT molecular complexity index is 408. The molecule has 2 rings (SSSR count). The van der Waals surface area contributed by atoms with Gasteiger partial charge in [0.25, 0.3) is 5.91 Å². The summed E-state index contributed by atoms with van der Waals surface area (Å²) >= 11 is 3.45. The Kier molecular flexibility index (Phi) is 4.05. The summed E-state index contributed by atoms with van der Waals surface area (Å²) in [7, 11) is 0. The van der Waals surface area contributed by atoms with Crippen LogP contribution in [0.3, 0.4) is 0 Å². The van der Waals surface area contributed by atoms with Gasteiger partial charge in [-0.3, -0.25) is 4.79 Å². The smallest absolute Gasteiger partial charge is 0.257 e. The summed E-state index contributed by atoms with van der Waals surface area (Å²) in [6.07, 6.45) is 3.24. The Balaban J connectivity index is 2.21. The van der Waals surface area contributed by atoms with Gasteiger partial charge in [0.05, 0.1) is 5.56 Å². The Hall–Kier alpha value is -1.03. The fraction of sp³-hybridized carbons (Fsp3) is 0.462. The normalized spacial score (nSPS) is 20.3. The van der Waals surface area contributed by atoms with Crippen LogP contribution in [0.1, 0.15) is 29.6 Å². The van der Waals surface area contributed by atoms with Gasteiger partial charge in [-0.2, -0.15) is 0 Å². The topological polar surface area (TPSA) is 40.5 Å². The number of halogens is 1. The number of phenolic OH excluding ortho intramolecular Hbond substituents is 1. The third kappa shape index (κ3) is 2.63. The SMILES string of the molecule is O=C(c1ccccc1O)N1CCCCC1CBr. The average Bonchev–Trinajstić information content (AvgIpc) is 2.38. The molecule has 1 atom stereocenters. The lowest BCUT2D eigenvalue weighted by Gasteiger charge is -2.34. The molecule has 1 N–H and O–H groups in total. The van der Waals surface area contributed by atoms with Crippen molar-refractivity contribution in [1.82, 2.24) is 4.90 Å². The van der Waals surface area contributed by atoms with Crippen molar-refractivity contribution < 1.29 is 9.90 Å². The van der Waals surface area contributed by atoms with E-state index in [1.165, 1.54) is 6.42 Å². The molecule has 1 fully saturated rings. The third-order valence-electron chi connectivity index (χ3n) is 3.20. The predicted octanol–water partition coefficient (Wildman–Crippen LogP) is 2.78. The highest BCUT2D eigenvalue weighted by Gasteiger charge is 2.27. The first-order chi connectivity index (χ1) is 8.24. The van der Waals surface area contributed by atoms with Crippen LogP contribution < -0.4 is 0 Å². The van der Waals surface area contributed by atoms with Gasteiger partial charge in [0.2, 0.25) is 0 Å². The number of likely N-dealkylation sites (tertiary alicyclic amines) is 1. The second-order valence-electron chi connectivity index (χ2n) is 4.32. The monoisotopic (exact) mass is 297 g/mol. The van der Waals surface area contributed by atoms with Gasteiger partial charge < -0.3 is 10.0 Å². The fourth-order valence-corrected chi connectivity index (χ4v) is 2.91. The van der Waals surface area contributed by atoms with Crippen molar-refractivity contribution >= 4 is 21.8 Å². The van der Waals surface area contributed by atoms with Crippen molar-refractivity contribution in [2.45, 2.75) is 25.3 Å². The highest BCUT2D eigenvalue weighted by atomic mass is 79.9. The zero-order chi connectivity index (χ0) is 12.3. The number of phenols is 1. The summed E-state index contributed by atoms with van der Waals surface area (Å²) in [5, 5.41) is 10.5. The molecule has 3 nitrogen and oxygen atoms in total. The van der Waals surface area contributed by atoms with Crippen LogP contribution >= 0.6 is 15.9 Å². The molecule has 0 bridgehead atoms. The van der Waals surface area contributed by atoms with Gasteiger partial charge >= 0.3 is 0 Å². The van der Waals surface area contributed by atoms with Crippen molar-refractivity contribution in [1.29, 1.82) is 0 Å². The first-order valence-corrected chi connectivity index (χ1v) is 7.01. The standard InChI is InChI=1S/C13H16BrNO2/c14-9-10-5-3-4-8-15(10)13(17)11-6-1-2-7-12(11)16/h1-2,6-7,10,16H,3-5,8-9H2. The quantitative estimate of drug-likeness (QED) is 0.853. The Morgan fingerprint density at radius 3 is 2.88 bits per heavy atom. The molecule has 1 unspecified atom stereocenters. The molecule has 1 heterocycles. The van der Waals surface area contributed by atoms with Crippen molar-refractivity contribution in [3.05, 3.63) is 29.8 Å². The fourth-order valence-electron chi connectivity index (χ4n) is 2.24. The summed E-state index contributed by atoms with van der Waals surface area (Å²) in [6, 6.07) is 6.98. The maximum absolute atomic E-state index is 12.3. The molecule has 0 aromatic heterocycles. The predicted molar refractivity (Wildman–Crippen MR) is 70.6 cm³/mol. The number of rotatable bonds is 2. The van der Waals surface area contributed by atoms with E-state index in [4.69, 9.17) is 0 Å². The maximum Gasteiger partial charge on any atom is 0.257 e. The van der Waals surface area contributed by atoms with Crippen LogP contribution in [0.25, 0.3) is 0 Å². The number of benzene rings is 1. The van der Waals surface area contributed by atoms with E-state index < -0.39 is 0 Å². The Labute approximate surface area is 110 Å². The zero-order valence-corrected chi connectivity index (χ0v) is 11.2. The van der Waals surface area contributed by atoms with Crippen LogP contribution in [0.4, 0.5) is 0 Å². The molecule has 0 saturated carbocycles. The highest BCUT2D eigenvalue weighted by molar-refractivity contribution is 9.09. The van der Waals surface area contributed by atoms with E-state index in [2.05, 4.69) is 15.9 Å². The second kappa shape index (κ2) is 5.54. The van der Waals surface area contributed by atoms with Crippen molar-refractivity contribution in [2.75, 3.05) is 11.9 Å². The van der Waals surface area contributed by atoms with Crippen LogP contribution in [-0.4, -0.2) is 33.8 Å². The lowest BCUT2D eigenvalue weighted by atomic mass is 10.0. The van der Waals surface area contributed by atoms with Gasteiger partial charge in [0, 0.05) is 17.9 Å². The van der Waals surface area contributed by atoms with E-state index in [-0.39, 0.29) is 17.7 Å². The lowest BCUT2D eigenvalue weighted by Crippen LogP contribution is -2.44. The zero-order valence-electron chi connectivity index (χ0n) is 9.60. The second-order valence-corrected chi connectivity index (χ2v) is 4.97. The minimum atomic E-state index is -0.0627. The number of para-hydroxylation sites is 1. The molecule has 4 heteroatoms. The molecule has 17 heavy (non-hydrogen) atoms. The molecule has 92 valence electrons. The molecular weight excluding hydrogens is 282 g/mol. The van der Waals surface area contributed by atoms with Gasteiger partial charge in [-0.15, -0.1) is 0 Å². The number of carbonyl (C=O) groups excluding carboxylic acids is 1. The minimum Gasteiger partial charge on any atom is -0.507 e. The molecule has 1 amide bonds. The number of alkyl halides is 1. The van der Waals surface area contributed by atoms with Gasteiger partial charge in [-0.1, -0.05) is 28.1 Å². The van der Waals surface area contributed by atoms with Gasteiger partial charge in [-0.05, 0) is 31.4 Å². The number of amides is 1. The first-order valence-electron chi connectivity index (χ1n) is 5.89. The number of hydrogen-bond donors (Lipinski definition) is 1. The largest absolute Gasteiger partial charge is 0.507 e. The van der Waals surface area contributed by atoms with E-state index in [9.17, 15) is 9.90 Å². The van der Waals surface area contributed by atoms with Crippen molar-refractivity contribution in [3.63, 3.8) is 0 Å². The Morgan fingerprint density at radius 2 is 2.18 bits per heavy atom. The number of piperidine rings is 1. The van der Waals surface area contributed by atoms with Crippen molar-refractivity contribution in [2.24, 2.45) is 0 Å². The van der Waals surface area contributed by atoms with E-state index >= 15 is 0 Å². The molecule has 0 spiro atoms.